The van der Waals surface area contributed by atoms with E-state index in [4.69, 9.17) is 33.8 Å². The van der Waals surface area contributed by atoms with E-state index in [1.165, 1.54) is 13.2 Å². The Kier molecular flexibility index (Phi) is 5.42. The van der Waals surface area contributed by atoms with Gasteiger partial charge in [-0.1, -0.05) is 35.3 Å². The summed E-state index contributed by atoms with van der Waals surface area (Å²) in [6.45, 7) is 0. The van der Waals surface area contributed by atoms with Crippen LogP contribution in [0.15, 0.2) is 36.4 Å². The third kappa shape index (κ3) is 3.66. The van der Waals surface area contributed by atoms with Gasteiger partial charge in [0.15, 0.2) is 11.6 Å². The number of nitrogens with one attached hydrogen (secondary N) is 1. The summed E-state index contributed by atoms with van der Waals surface area (Å²) in [6, 6.07) is 9.63. The van der Waals surface area contributed by atoms with Gasteiger partial charge in [-0.15, -0.1) is 0 Å². The van der Waals surface area contributed by atoms with Crippen LogP contribution in [-0.2, 0) is 6.42 Å². The second-order valence-corrected chi connectivity index (χ2v) is 5.33. The number of halogens is 3. The lowest BCUT2D eigenvalue weighted by molar-refractivity contribution is 0.384. The molecule has 0 fully saturated rings. The van der Waals surface area contributed by atoms with E-state index >= 15 is 0 Å². The standard InChI is InChI=1S/C15H15Cl2FN2O/c1-21-15-7-9(5-6-13(15)18)14(20-19)8-10-11(16)3-2-4-12(10)17/h2-7,14,20H,8,19H2,1H3. The number of nitrogens with two attached hydrogens (primary N) is 1. The molecule has 21 heavy (non-hydrogen) atoms. The minimum atomic E-state index is -0.423. The molecule has 0 spiro atoms. The summed E-state index contributed by atoms with van der Waals surface area (Å²) in [7, 11) is 1.41. The van der Waals surface area contributed by atoms with Gasteiger partial charge in [0, 0.05) is 10.0 Å². The van der Waals surface area contributed by atoms with Gasteiger partial charge in [0.2, 0.25) is 0 Å². The van der Waals surface area contributed by atoms with Crippen LogP contribution in [0, 0.1) is 5.82 Å². The fraction of sp³-hybridized carbons (Fsp3) is 0.200. The van der Waals surface area contributed by atoms with Gasteiger partial charge in [0.25, 0.3) is 0 Å². The molecule has 6 heteroatoms. The molecule has 0 aliphatic heterocycles. The Balaban J connectivity index is 2.32. The smallest absolute Gasteiger partial charge is 0.165 e. The van der Waals surface area contributed by atoms with E-state index in [-0.39, 0.29) is 11.8 Å². The Morgan fingerprint density at radius 3 is 2.48 bits per heavy atom. The lowest BCUT2D eigenvalue weighted by Gasteiger charge is -2.19. The van der Waals surface area contributed by atoms with E-state index in [0.29, 0.717) is 16.5 Å². The fourth-order valence-corrected chi connectivity index (χ4v) is 2.65. The normalized spacial score (nSPS) is 12.2. The summed E-state index contributed by atoms with van der Waals surface area (Å²) in [4.78, 5) is 0. The molecule has 0 aliphatic rings. The Hall–Kier alpha value is -1.33. The summed E-state index contributed by atoms with van der Waals surface area (Å²) in [5.41, 5.74) is 4.27. The van der Waals surface area contributed by atoms with E-state index in [1.54, 1.807) is 30.3 Å². The third-order valence-corrected chi connectivity index (χ3v) is 3.96. The van der Waals surface area contributed by atoms with Crippen LogP contribution in [0.2, 0.25) is 10.0 Å². The molecule has 0 saturated carbocycles. The molecule has 2 aromatic carbocycles. The molecule has 3 nitrogen and oxygen atoms in total. The number of hydrogen-bond acceptors (Lipinski definition) is 3. The Bertz CT molecular complexity index is 617. The van der Waals surface area contributed by atoms with Gasteiger partial charge in [-0.25, -0.2) is 4.39 Å². The fourth-order valence-electron chi connectivity index (χ4n) is 2.10. The molecule has 0 saturated heterocycles. The van der Waals surface area contributed by atoms with Crippen LogP contribution in [-0.4, -0.2) is 7.11 Å². The van der Waals surface area contributed by atoms with Crippen molar-refractivity contribution in [3.63, 3.8) is 0 Å². The summed E-state index contributed by atoms with van der Waals surface area (Å²) in [5.74, 6) is 5.35. The zero-order chi connectivity index (χ0) is 15.4. The van der Waals surface area contributed by atoms with Gasteiger partial charge in [0.05, 0.1) is 13.2 Å². The first-order chi connectivity index (χ1) is 10.1. The average Bonchev–Trinajstić information content (AvgIpc) is 2.48. The van der Waals surface area contributed by atoms with Crippen molar-refractivity contribution in [2.75, 3.05) is 7.11 Å². The van der Waals surface area contributed by atoms with Crippen molar-refractivity contribution in [2.24, 2.45) is 5.84 Å². The Morgan fingerprint density at radius 2 is 1.90 bits per heavy atom. The van der Waals surface area contributed by atoms with Crippen LogP contribution in [0.1, 0.15) is 17.2 Å². The molecule has 0 aliphatic carbocycles. The molecule has 112 valence electrons. The zero-order valence-corrected chi connectivity index (χ0v) is 12.9. The van der Waals surface area contributed by atoms with Crippen LogP contribution >= 0.6 is 23.2 Å². The van der Waals surface area contributed by atoms with Crippen molar-refractivity contribution in [2.45, 2.75) is 12.5 Å². The number of ether oxygens (including phenoxy) is 1. The van der Waals surface area contributed by atoms with Crippen molar-refractivity contribution in [3.8, 4) is 5.75 Å². The molecule has 2 rings (SSSR count). The van der Waals surface area contributed by atoms with Gasteiger partial charge in [-0.05, 0) is 41.8 Å². The molecular weight excluding hydrogens is 314 g/mol. The van der Waals surface area contributed by atoms with Gasteiger partial charge in [0.1, 0.15) is 0 Å². The molecule has 0 bridgehead atoms. The van der Waals surface area contributed by atoms with E-state index in [9.17, 15) is 4.39 Å². The largest absolute Gasteiger partial charge is 0.494 e. The highest BCUT2D eigenvalue weighted by Crippen LogP contribution is 2.30. The van der Waals surface area contributed by atoms with E-state index < -0.39 is 5.82 Å². The molecule has 0 heterocycles. The van der Waals surface area contributed by atoms with Gasteiger partial charge >= 0.3 is 0 Å². The summed E-state index contributed by atoms with van der Waals surface area (Å²) < 4.78 is 18.5. The summed E-state index contributed by atoms with van der Waals surface area (Å²) in [6.07, 6.45) is 0.476. The molecule has 0 aromatic heterocycles. The Labute approximate surface area is 132 Å². The number of benzene rings is 2. The van der Waals surface area contributed by atoms with Crippen molar-refractivity contribution < 1.29 is 9.13 Å². The maximum atomic E-state index is 13.5. The van der Waals surface area contributed by atoms with Gasteiger partial charge < -0.3 is 4.74 Å². The molecule has 0 radical (unpaired) electrons. The van der Waals surface area contributed by atoms with Gasteiger partial charge in [-0.3, -0.25) is 11.3 Å². The summed E-state index contributed by atoms with van der Waals surface area (Å²) in [5, 5.41) is 1.13. The van der Waals surface area contributed by atoms with E-state index in [0.717, 1.165) is 11.1 Å². The third-order valence-electron chi connectivity index (χ3n) is 3.25. The lowest BCUT2D eigenvalue weighted by Crippen LogP contribution is -2.29. The highest BCUT2D eigenvalue weighted by molar-refractivity contribution is 6.36. The minimum absolute atomic E-state index is 0.165. The maximum Gasteiger partial charge on any atom is 0.165 e. The molecule has 2 aromatic rings. The minimum Gasteiger partial charge on any atom is -0.494 e. The van der Waals surface area contributed by atoms with Gasteiger partial charge in [-0.2, -0.15) is 0 Å². The molecule has 3 N–H and O–H groups in total. The van der Waals surface area contributed by atoms with Crippen molar-refractivity contribution in [1.82, 2.24) is 5.43 Å². The topological polar surface area (TPSA) is 47.3 Å². The van der Waals surface area contributed by atoms with Crippen molar-refractivity contribution in [1.29, 1.82) is 0 Å². The second kappa shape index (κ2) is 7.09. The Morgan fingerprint density at radius 1 is 1.24 bits per heavy atom. The van der Waals surface area contributed by atoms with Crippen molar-refractivity contribution in [3.05, 3.63) is 63.4 Å². The van der Waals surface area contributed by atoms with Crippen LogP contribution in [0.5, 0.6) is 5.75 Å². The first-order valence-corrected chi connectivity index (χ1v) is 7.05. The average molecular weight is 329 g/mol. The van der Waals surface area contributed by atoms with Crippen LogP contribution < -0.4 is 16.0 Å². The first kappa shape index (κ1) is 16.0. The number of hydrazine groups is 1. The van der Waals surface area contributed by atoms with Crippen LogP contribution in [0.3, 0.4) is 0 Å². The van der Waals surface area contributed by atoms with Crippen molar-refractivity contribution >= 4 is 23.2 Å². The molecular formula is C15H15Cl2FN2O. The molecule has 1 unspecified atom stereocenters. The maximum absolute atomic E-state index is 13.5. The molecule has 1 atom stereocenters. The predicted molar refractivity (Wildman–Crippen MR) is 83.2 cm³/mol. The summed E-state index contributed by atoms with van der Waals surface area (Å²) >= 11 is 12.3. The number of rotatable bonds is 5. The quantitative estimate of drug-likeness (QED) is 0.646. The van der Waals surface area contributed by atoms with E-state index in [1.807, 2.05) is 0 Å². The van der Waals surface area contributed by atoms with Crippen LogP contribution in [0.25, 0.3) is 0 Å². The lowest BCUT2D eigenvalue weighted by atomic mass is 9.99. The second-order valence-electron chi connectivity index (χ2n) is 4.52. The highest BCUT2D eigenvalue weighted by atomic mass is 35.5. The first-order valence-electron chi connectivity index (χ1n) is 6.29. The highest BCUT2D eigenvalue weighted by Gasteiger charge is 2.16. The SMILES string of the molecule is COc1cc(C(Cc2c(Cl)cccc2Cl)NN)ccc1F. The zero-order valence-electron chi connectivity index (χ0n) is 11.4. The number of methoxy groups -OCH3 is 1. The molecule has 0 amide bonds. The van der Waals surface area contributed by atoms with E-state index in [2.05, 4.69) is 5.43 Å². The van der Waals surface area contributed by atoms with Crippen LogP contribution in [0.4, 0.5) is 4.39 Å². The number of hydrogen-bond donors (Lipinski definition) is 2. The monoisotopic (exact) mass is 328 g/mol. The predicted octanol–water partition coefficient (Wildman–Crippen LogP) is 3.89.